The molecular formula is C22H28O4S. The van der Waals surface area contributed by atoms with Crippen LogP contribution in [0.15, 0.2) is 53.4 Å². The second-order valence-corrected chi connectivity index (χ2v) is 9.17. The molecule has 1 aliphatic heterocycles. The zero-order valence-corrected chi connectivity index (χ0v) is 17.1. The molecule has 3 rings (SSSR count). The number of methoxy groups -OCH3 is 1. The number of ether oxygens (including phenoxy) is 2. The van der Waals surface area contributed by atoms with Gasteiger partial charge in [-0.1, -0.05) is 63.1 Å². The molecule has 2 aromatic rings. The van der Waals surface area contributed by atoms with E-state index in [1.807, 2.05) is 43.3 Å². The molecule has 0 saturated heterocycles. The Hall–Kier alpha value is -1.85. The fourth-order valence-corrected chi connectivity index (χ4v) is 5.86. The summed E-state index contributed by atoms with van der Waals surface area (Å²) in [5.41, 5.74) is 0.964. The van der Waals surface area contributed by atoms with E-state index in [0.29, 0.717) is 22.6 Å². The molecule has 0 amide bonds. The van der Waals surface area contributed by atoms with Crippen LogP contribution in [0.5, 0.6) is 5.75 Å². The quantitative estimate of drug-likeness (QED) is 0.704. The molecular weight excluding hydrogens is 360 g/mol. The summed E-state index contributed by atoms with van der Waals surface area (Å²) in [6.07, 6.45) is 2.90. The minimum Gasteiger partial charge on any atom is -0.497 e. The van der Waals surface area contributed by atoms with Gasteiger partial charge in [0.1, 0.15) is 11.9 Å². The van der Waals surface area contributed by atoms with E-state index in [2.05, 4.69) is 6.92 Å². The molecule has 0 bridgehead atoms. The fourth-order valence-electron chi connectivity index (χ4n) is 3.77. The third-order valence-electron chi connectivity index (χ3n) is 5.39. The predicted molar refractivity (Wildman–Crippen MR) is 107 cm³/mol. The SMILES string of the molecule is CCCC[C@]1(CC)CS(=O)(=O)c2cc(OC)ccc2[C@@H](c2ccccc2)O1. The van der Waals surface area contributed by atoms with Crippen molar-refractivity contribution in [3.63, 3.8) is 0 Å². The van der Waals surface area contributed by atoms with Crippen molar-refractivity contribution in [2.45, 2.75) is 56.1 Å². The lowest BCUT2D eigenvalue weighted by Crippen LogP contribution is -2.39. The molecule has 2 aromatic carbocycles. The van der Waals surface area contributed by atoms with Crippen LogP contribution >= 0.6 is 0 Å². The van der Waals surface area contributed by atoms with Gasteiger partial charge in [-0.2, -0.15) is 0 Å². The van der Waals surface area contributed by atoms with Crippen LogP contribution in [-0.2, 0) is 14.6 Å². The molecule has 0 aliphatic carbocycles. The summed E-state index contributed by atoms with van der Waals surface area (Å²) in [4.78, 5) is 0.322. The van der Waals surface area contributed by atoms with Gasteiger partial charge >= 0.3 is 0 Å². The Balaban J connectivity index is 2.20. The molecule has 4 nitrogen and oxygen atoms in total. The van der Waals surface area contributed by atoms with Gasteiger partial charge in [0.05, 0.1) is 23.4 Å². The van der Waals surface area contributed by atoms with Crippen LogP contribution in [0.25, 0.3) is 0 Å². The summed E-state index contributed by atoms with van der Waals surface area (Å²) in [6, 6.07) is 15.1. The number of sulfone groups is 1. The maximum Gasteiger partial charge on any atom is 0.181 e. The molecule has 0 N–H and O–H groups in total. The Morgan fingerprint density at radius 1 is 1.15 bits per heavy atom. The average molecular weight is 389 g/mol. The van der Waals surface area contributed by atoms with Gasteiger partial charge in [-0.15, -0.1) is 0 Å². The van der Waals surface area contributed by atoms with Crippen molar-refractivity contribution in [2.24, 2.45) is 0 Å². The lowest BCUT2D eigenvalue weighted by molar-refractivity contribution is -0.0731. The highest BCUT2D eigenvalue weighted by Gasteiger charge is 2.43. The lowest BCUT2D eigenvalue weighted by Gasteiger charge is -2.34. The highest BCUT2D eigenvalue weighted by molar-refractivity contribution is 7.91. The molecule has 0 spiro atoms. The van der Waals surface area contributed by atoms with Crippen molar-refractivity contribution in [2.75, 3.05) is 12.9 Å². The maximum absolute atomic E-state index is 13.3. The van der Waals surface area contributed by atoms with Crippen LogP contribution < -0.4 is 4.74 Å². The zero-order chi connectivity index (χ0) is 19.5. The van der Waals surface area contributed by atoms with E-state index in [1.54, 1.807) is 19.2 Å². The first kappa shape index (κ1) is 19.9. The summed E-state index contributed by atoms with van der Waals surface area (Å²) < 4.78 is 38.6. The molecule has 27 heavy (non-hydrogen) atoms. The smallest absolute Gasteiger partial charge is 0.181 e. The van der Waals surface area contributed by atoms with Crippen LogP contribution in [0.2, 0.25) is 0 Å². The molecule has 0 aromatic heterocycles. The second kappa shape index (κ2) is 8.03. The van der Waals surface area contributed by atoms with Gasteiger partial charge in [0.25, 0.3) is 0 Å². The van der Waals surface area contributed by atoms with E-state index < -0.39 is 21.5 Å². The van der Waals surface area contributed by atoms with E-state index in [4.69, 9.17) is 9.47 Å². The van der Waals surface area contributed by atoms with Gasteiger partial charge in [-0.05, 0) is 30.5 Å². The van der Waals surface area contributed by atoms with Crippen LogP contribution in [0.1, 0.15) is 56.8 Å². The summed E-state index contributed by atoms with van der Waals surface area (Å²) in [5.74, 6) is 0.543. The molecule has 0 unspecified atom stereocenters. The first-order valence-corrected chi connectivity index (χ1v) is 11.2. The molecule has 2 atom stereocenters. The minimum atomic E-state index is -3.51. The lowest BCUT2D eigenvalue weighted by atomic mass is 9.93. The third-order valence-corrected chi connectivity index (χ3v) is 7.32. The van der Waals surface area contributed by atoms with Gasteiger partial charge < -0.3 is 9.47 Å². The number of fused-ring (bicyclic) bond motifs is 1. The van der Waals surface area contributed by atoms with Gasteiger partial charge in [-0.3, -0.25) is 0 Å². The molecule has 0 fully saturated rings. The van der Waals surface area contributed by atoms with Crippen molar-refractivity contribution in [3.8, 4) is 5.75 Å². The van der Waals surface area contributed by atoms with E-state index in [-0.39, 0.29) is 5.75 Å². The highest BCUT2D eigenvalue weighted by Crippen LogP contribution is 2.43. The Morgan fingerprint density at radius 3 is 2.52 bits per heavy atom. The van der Waals surface area contributed by atoms with E-state index in [0.717, 1.165) is 24.8 Å². The largest absolute Gasteiger partial charge is 0.497 e. The van der Waals surface area contributed by atoms with E-state index >= 15 is 0 Å². The standard InChI is InChI=1S/C22H28O4S/c1-4-6-14-22(5-2)16-27(23,24)20-15-18(25-3)12-13-19(20)21(26-22)17-10-8-7-9-11-17/h7-13,15,21H,4-6,14,16H2,1-3H3/t21-,22-/m1/s1. The number of benzene rings is 2. The Bertz CT molecular complexity index is 876. The van der Waals surface area contributed by atoms with Crippen molar-refractivity contribution in [1.29, 1.82) is 0 Å². The van der Waals surface area contributed by atoms with Gasteiger partial charge in [0.15, 0.2) is 9.84 Å². The predicted octanol–water partition coefficient (Wildman–Crippen LogP) is 4.93. The Labute approximate surface area is 162 Å². The normalized spacial score (nSPS) is 24.0. The Morgan fingerprint density at radius 2 is 1.89 bits per heavy atom. The third kappa shape index (κ3) is 4.04. The first-order chi connectivity index (χ1) is 12.9. The van der Waals surface area contributed by atoms with Crippen LogP contribution in [0.3, 0.4) is 0 Å². The van der Waals surface area contributed by atoms with E-state index in [9.17, 15) is 8.42 Å². The van der Waals surface area contributed by atoms with Crippen LogP contribution in [0.4, 0.5) is 0 Å². The zero-order valence-electron chi connectivity index (χ0n) is 16.3. The average Bonchev–Trinajstić information content (AvgIpc) is 2.79. The van der Waals surface area contributed by atoms with Gasteiger partial charge in [0.2, 0.25) is 0 Å². The number of hydrogen-bond acceptors (Lipinski definition) is 4. The molecule has 5 heteroatoms. The first-order valence-electron chi connectivity index (χ1n) is 9.58. The molecule has 146 valence electrons. The van der Waals surface area contributed by atoms with Crippen molar-refractivity contribution in [1.82, 2.24) is 0 Å². The topological polar surface area (TPSA) is 52.6 Å². The van der Waals surface area contributed by atoms with Crippen molar-refractivity contribution >= 4 is 9.84 Å². The number of unbranched alkanes of at least 4 members (excludes halogenated alkanes) is 1. The molecule has 1 aliphatic rings. The van der Waals surface area contributed by atoms with Crippen LogP contribution in [0, 0.1) is 0 Å². The highest BCUT2D eigenvalue weighted by atomic mass is 32.2. The number of rotatable bonds is 6. The Kier molecular flexibility index (Phi) is 5.92. The van der Waals surface area contributed by atoms with Crippen LogP contribution in [-0.4, -0.2) is 26.9 Å². The molecule has 0 radical (unpaired) electrons. The second-order valence-electron chi connectivity index (χ2n) is 7.21. The van der Waals surface area contributed by atoms with Gasteiger partial charge in [0, 0.05) is 5.56 Å². The monoisotopic (exact) mass is 388 g/mol. The van der Waals surface area contributed by atoms with Crippen molar-refractivity contribution in [3.05, 3.63) is 59.7 Å². The fraction of sp³-hybridized carbons (Fsp3) is 0.455. The molecule has 1 heterocycles. The minimum absolute atomic E-state index is 0.00000118. The molecule has 0 saturated carbocycles. The number of hydrogen-bond donors (Lipinski definition) is 0. The summed E-state index contributed by atoms with van der Waals surface area (Å²) in [6.45, 7) is 4.13. The summed E-state index contributed by atoms with van der Waals surface area (Å²) in [7, 11) is -1.96. The summed E-state index contributed by atoms with van der Waals surface area (Å²) in [5, 5.41) is 0. The van der Waals surface area contributed by atoms with Crippen molar-refractivity contribution < 1.29 is 17.9 Å². The van der Waals surface area contributed by atoms with E-state index in [1.165, 1.54) is 0 Å². The van der Waals surface area contributed by atoms with Gasteiger partial charge in [-0.25, -0.2) is 8.42 Å². The maximum atomic E-state index is 13.3. The summed E-state index contributed by atoms with van der Waals surface area (Å²) >= 11 is 0.